The van der Waals surface area contributed by atoms with E-state index < -0.39 is 0 Å². The first-order chi connectivity index (χ1) is 6.93. The Kier molecular flexibility index (Phi) is 2.29. The van der Waals surface area contributed by atoms with Crippen LogP contribution in [0.2, 0.25) is 0 Å². The molecular formula is C12H8STe. The Morgan fingerprint density at radius 2 is 1.21 bits per heavy atom. The van der Waals surface area contributed by atoms with E-state index in [1.54, 1.807) is 7.22 Å². The topological polar surface area (TPSA) is 0 Å². The molecule has 0 atom stereocenters. The van der Waals surface area contributed by atoms with Crippen LogP contribution in [0, 0.1) is 0 Å². The third-order valence-electron chi connectivity index (χ3n) is 2.14. The Morgan fingerprint density at radius 3 is 1.79 bits per heavy atom. The summed E-state index contributed by atoms with van der Waals surface area (Å²) in [5.41, 5.74) is 0. The Morgan fingerprint density at radius 1 is 0.714 bits per heavy atom. The van der Waals surface area contributed by atoms with E-state index in [1.807, 2.05) is 11.8 Å². The summed E-state index contributed by atoms with van der Waals surface area (Å²) in [6.45, 7) is 0. The second-order valence-electron chi connectivity index (χ2n) is 3.10. The van der Waals surface area contributed by atoms with Crippen molar-refractivity contribution >= 4 is 39.9 Å². The van der Waals surface area contributed by atoms with E-state index in [2.05, 4.69) is 48.5 Å². The monoisotopic (exact) mass is 314 g/mol. The van der Waals surface area contributed by atoms with E-state index in [0.717, 1.165) is 0 Å². The molecule has 2 aromatic carbocycles. The fourth-order valence-corrected chi connectivity index (χ4v) is 6.09. The molecule has 0 aromatic heterocycles. The normalized spacial score (nSPS) is 13.1. The van der Waals surface area contributed by atoms with Crippen molar-refractivity contribution < 1.29 is 0 Å². The summed E-state index contributed by atoms with van der Waals surface area (Å²) in [5, 5.41) is 0. The molecule has 0 unspecified atom stereocenters. The van der Waals surface area contributed by atoms with Gasteiger partial charge in [-0.1, -0.05) is 0 Å². The molecule has 1 aliphatic heterocycles. The standard InChI is InChI=1S/C12H8STe/c1-3-7-11-9(5-1)13-10-6-2-4-8-12(10)14-11/h1-8H. The van der Waals surface area contributed by atoms with Crippen molar-refractivity contribution in [1.29, 1.82) is 0 Å². The Labute approximate surface area is 97.8 Å². The van der Waals surface area contributed by atoms with Gasteiger partial charge in [0.15, 0.2) is 0 Å². The van der Waals surface area contributed by atoms with E-state index >= 15 is 0 Å². The van der Waals surface area contributed by atoms with Crippen molar-refractivity contribution in [2.75, 3.05) is 0 Å². The van der Waals surface area contributed by atoms with Crippen LogP contribution in [0.5, 0.6) is 0 Å². The maximum absolute atomic E-state index is 2.28. The first kappa shape index (κ1) is 8.85. The summed E-state index contributed by atoms with van der Waals surface area (Å²) in [5.74, 6) is 0. The Balaban J connectivity index is 2.12. The molecule has 0 amide bonds. The van der Waals surface area contributed by atoms with Crippen LogP contribution >= 0.6 is 11.8 Å². The quantitative estimate of drug-likeness (QED) is 0.571. The van der Waals surface area contributed by atoms with Gasteiger partial charge in [0, 0.05) is 0 Å². The molecule has 14 heavy (non-hydrogen) atoms. The van der Waals surface area contributed by atoms with Gasteiger partial charge in [-0.05, 0) is 0 Å². The van der Waals surface area contributed by atoms with Gasteiger partial charge in [0.1, 0.15) is 0 Å². The predicted octanol–water partition coefficient (Wildman–Crippen LogP) is 1.81. The van der Waals surface area contributed by atoms with E-state index in [4.69, 9.17) is 0 Å². The molecule has 0 fully saturated rings. The fraction of sp³-hybridized carbons (Fsp3) is 0. The van der Waals surface area contributed by atoms with Gasteiger partial charge in [-0.3, -0.25) is 0 Å². The zero-order valence-corrected chi connectivity index (χ0v) is 10.6. The van der Waals surface area contributed by atoms with Gasteiger partial charge in [0.25, 0.3) is 0 Å². The van der Waals surface area contributed by atoms with Crippen LogP contribution in [-0.4, -0.2) is 20.9 Å². The van der Waals surface area contributed by atoms with Crippen LogP contribution in [0.4, 0.5) is 0 Å². The van der Waals surface area contributed by atoms with Gasteiger partial charge >= 0.3 is 98.2 Å². The number of fused-ring (bicyclic) bond motifs is 2. The fourth-order valence-electron chi connectivity index (χ4n) is 1.47. The third-order valence-corrected chi connectivity index (χ3v) is 7.38. The zero-order chi connectivity index (χ0) is 9.38. The van der Waals surface area contributed by atoms with Crippen molar-refractivity contribution in [3.05, 3.63) is 48.5 Å². The summed E-state index contributed by atoms with van der Waals surface area (Å²) >= 11 is 1.78. The van der Waals surface area contributed by atoms with Crippen molar-refractivity contribution in [3.8, 4) is 0 Å². The zero-order valence-electron chi connectivity index (χ0n) is 7.44. The molecule has 68 valence electrons. The van der Waals surface area contributed by atoms with Gasteiger partial charge in [0.2, 0.25) is 0 Å². The van der Waals surface area contributed by atoms with Crippen molar-refractivity contribution in [2.45, 2.75) is 9.79 Å². The molecule has 0 saturated heterocycles. The number of benzene rings is 2. The predicted molar refractivity (Wildman–Crippen MR) is 62.0 cm³/mol. The molecule has 0 spiro atoms. The second-order valence-corrected chi connectivity index (χ2v) is 7.27. The average molecular weight is 312 g/mol. The second kappa shape index (κ2) is 3.62. The van der Waals surface area contributed by atoms with Crippen LogP contribution in [-0.2, 0) is 0 Å². The molecule has 2 aromatic rings. The summed E-state index contributed by atoms with van der Waals surface area (Å²) in [4.78, 5) is 2.93. The van der Waals surface area contributed by atoms with Gasteiger partial charge < -0.3 is 0 Å². The van der Waals surface area contributed by atoms with Crippen molar-refractivity contribution in [2.24, 2.45) is 0 Å². The minimum absolute atomic E-state index is 0.133. The van der Waals surface area contributed by atoms with E-state index in [1.165, 1.54) is 9.79 Å². The van der Waals surface area contributed by atoms with E-state index in [-0.39, 0.29) is 20.9 Å². The molecule has 0 saturated carbocycles. The number of hydrogen-bond donors (Lipinski definition) is 0. The van der Waals surface area contributed by atoms with Crippen LogP contribution in [0.15, 0.2) is 58.3 Å². The summed E-state index contributed by atoms with van der Waals surface area (Å²) in [7, 11) is 0. The van der Waals surface area contributed by atoms with Gasteiger partial charge in [-0.25, -0.2) is 0 Å². The summed E-state index contributed by atoms with van der Waals surface area (Å²) in [6, 6.07) is 17.6. The van der Waals surface area contributed by atoms with E-state index in [0.29, 0.717) is 0 Å². The van der Waals surface area contributed by atoms with Gasteiger partial charge in [-0.2, -0.15) is 0 Å². The minimum atomic E-state index is -0.133. The molecule has 0 radical (unpaired) electrons. The maximum atomic E-state index is 2.28. The molecule has 1 aliphatic rings. The number of rotatable bonds is 0. The van der Waals surface area contributed by atoms with Crippen LogP contribution in [0.3, 0.4) is 0 Å². The van der Waals surface area contributed by atoms with Crippen LogP contribution < -0.4 is 7.22 Å². The summed E-state index contributed by atoms with van der Waals surface area (Å²) in [6.07, 6.45) is 0. The Hall–Kier alpha value is -0.420. The van der Waals surface area contributed by atoms with Gasteiger partial charge in [0.05, 0.1) is 0 Å². The average Bonchev–Trinajstić information content (AvgIpc) is 2.26. The molecule has 3 rings (SSSR count). The van der Waals surface area contributed by atoms with Crippen molar-refractivity contribution in [3.63, 3.8) is 0 Å². The van der Waals surface area contributed by atoms with Crippen LogP contribution in [0.1, 0.15) is 0 Å². The molecule has 0 aliphatic carbocycles. The van der Waals surface area contributed by atoms with Crippen LogP contribution in [0.25, 0.3) is 0 Å². The first-order valence-electron chi connectivity index (χ1n) is 4.47. The molecule has 0 bridgehead atoms. The molecule has 2 heteroatoms. The molecule has 1 heterocycles. The number of hydrogen-bond acceptors (Lipinski definition) is 1. The van der Waals surface area contributed by atoms with E-state index in [9.17, 15) is 0 Å². The SMILES string of the molecule is c1ccc2c(c1)Sc1ccccc1[Te]2. The molecule has 0 N–H and O–H groups in total. The van der Waals surface area contributed by atoms with Crippen molar-refractivity contribution in [1.82, 2.24) is 0 Å². The molecular weight excluding hydrogens is 304 g/mol. The first-order valence-corrected chi connectivity index (χ1v) is 7.62. The summed E-state index contributed by atoms with van der Waals surface area (Å²) < 4.78 is 3.17. The Bertz CT molecular complexity index is 392. The van der Waals surface area contributed by atoms with Gasteiger partial charge in [-0.15, -0.1) is 0 Å². The third kappa shape index (κ3) is 1.48. The molecule has 0 nitrogen and oxygen atoms in total.